The van der Waals surface area contributed by atoms with Crippen LogP contribution in [-0.2, 0) is 9.59 Å². The van der Waals surface area contributed by atoms with Crippen molar-refractivity contribution in [1.29, 1.82) is 0 Å². The number of hydrogen-bond acceptors (Lipinski definition) is 6. The first kappa shape index (κ1) is 26.3. The van der Waals surface area contributed by atoms with Gasteiger partial charge in [0.05, 0.1) is 21.8 Å². The van der Waals surface area contributed by atoms with Crippen molar-refractivity contribution in [2.45, 2.75) is 16.1 Å². The Labute approximate surface area is 237 Å². The summed E-state index contributed by atoms with van der Waals surface area (Å²) in [6.07, 6.45) is 0.685. The zero-order valence-electron chi connectivity index (χ0n) is 18.7. The molecule has 3 aliphatic rings. The van der Waals surface area contributed by atoms with Crippen molar-refractivity contribution in [3.63, 3.8) is 0 Å². The van der Waals surface area contributed by atoms with E-state index in [-0.39, 0.29) is 43.3 Å². The van der Waals surface area contributed by atoms with Gasteiger partial charge in [-0.15, -0.1) is 0 Å². The molecule has 0 spiro atoms. The number of Topliss-reactive ketones (excluding diaryl/α,β-unsaturated/α-hetero) is 1. The molecule has 0 unspecified atom stereocenters. The van der Waals surface area contributed by atoms with Gasteiger partial charge >= 0.3 is 0 Å². The Morgan fingerprint density at radius 1 is 1.03 bits per heavy atom. The summed E-state index contributed by atoms with van der Waals surface area (Å²) in [6.45, 7) is -0.690. The number of nitro benzene ring substituents is 1. The average molecular weight is 674 g/mol. The smallest absolute Gasteiger partial charge is 0.273 e. The van der Waals surface area contributed by atoms with Crippen LogP contribution in [0, 0.1) is 33.8 Å². The Kier molecular flexibility index (Phi) is 6.93. The highest BCUT2D eigenvalue weighted by atomic mass is 79.9. The summed E-state index contributed by atoms with van der Waals surface area (Å²) in [5.74, 6) is -4.18. The highest BCUT2D eigenvalue weighted by molar-refractivity contribution is 9.12. The number of nitrogens with zero attached hydrogens (tertiary/aromatic N) is 3. The summed E-state index contributed by atoms with van der Waals surface area (Å²) in [5.41, 5.74) is -0.457. The second-order valence-electron chi connectivity index (χ2n) is 9.21. The SMILES string of the molecule is O=C(CN(C(=O)c1cccc([N+](=O)[O-])c1)N1C(=O)[C@@H]2[C@H]3C[C@@H]([C@H](Br)[C@H]3Br)[C@@H]2C1=O)c1ccc(Cl)cc1Cl. The predicted molar refractivity (Wildman–Crippen MR) is 141 cm³/mol. The number of benzene rings is 2. The monoisotopic (exact) mass is 671 g/mol. The third-order valence-corrected chi connectivity index (χ3v) is 11.0. The lowest BCUT2D eigenvalue weighted by atomic mass is 9.81. The molecule has 1 saturated heterocycles. The molecule has 2 aliphatic carbocycles. The lowest BCUT2D eigenvalue weighted by Gasteiger charge is -2.31. The molecule has 5 rings (SSSR count). The van der Waals surface area contributed by atoms with E-state index in [1.807, 2.05) is 0 Å². The molecule has 2 aromatic rings. The number of alkyl halides is 2. The number of ketones is 1. The van der Waals surface area contributed by atoms with Crippen molar-refractivity contribution in [3.05, 3.63) is 73.8 Å². The van der Waals surface area contributed by atoms with E-state index < -0.39 is 46.8 Å². The quantitative estimate of drug-likeness (QED) is 0.141. The summed E-state index contributed by atoms with van der Waals surface area (Å²) >= 11 is 19.4. The molecule has 0 N–H and O–H groups in total. The molecule has 9 nitrogen and oxygen atoms in total. The van der Waals surface area contributed by atoms with Crippen molar-refractivity contribution in [1.82, 2.24) is 10.0 Å². The lowest BCUT2D eigenvalue weighted by Crippen LogP contribution is -2.52. The number of carbonyl (C=O) groups is 4. The van der Waals surface area contributed by atoms with Gasteiger partial charge in [-0.2, -0.15) is 5.01 Å². The van der Waals surface area contributed by atoms with Gasteiger partial charge in [-0.25, -0.2) is 5.01 Å². The first-order chi connectivity index (χ1) is 17.5. The van der Waals surface area contributed by atoms with E-state index in [1.165, 1.54) is 36.4 Å². The van der Waals surface area contributed by atoms with Gasteiger partial charge in [0, 0.05) is 37.9 Å². The first-order valence-electron chi connectivity index (χ1n) is 11.2. The average Bonchev–Trinajstić information content (AvgIpc) is 3.47. The summed E-state index contributed by atoms with van der Waals surface area (Å²) < 4.78 is 0. The van der Waals surface area contributed by atoms with Crippen LogP contribution in [0.25, 0.3) is 0 Å². The van der Waals surface area contributed by atoms with Crippen LogP contribution in [0.4, 0.5) is 5.69 Å². The molecule has 0 aromatic heterocycles. The number of hydrazine groups is 1. The number of nitro groups is 1. The zero-order valence-corrected chi connectivity index (χ0v) is 23.4. The normalized spacial score (nSPS) is 27.9. The van der Waals surface area contributed by atoms with Crippen molar-refractivity contribution in [2.75, 3.05) is 6.54 Å². The molecule has 2 bridgehead atoms. The fraction of sp³-hybridized carbons (Fsp3) is 0.333. The molecule has 13 heteroatoms. The molecule has 2 aromatic carbocycles. The van der Waals surface area contributed by atoms with Gasteiger partial charge in [0.15, 0.2) is 5.78 Å². The Hall–Kier alpha value is -2.34. The summed E-state index contributed by atoms with van der Waals surface area (Å²) in [4.78, 5) is 64.8. The minimum atomic E-state index is -0.901. The molecule has 0 radical (unpaired) electrons. The third-order valence-electron chi connectivity index (χ3n) is 7.27. The summed E-state index contributed by atoms with van der Waals surface area (Å²) in [5, 5.41) is 13.2. The van der Waals surface area contributed by atoms with Gasteiger partial charge in [-0.1, -0.05) is 61.1 Å². The second-order valence-corrected chi connectivity index (χ2v) is 12.2. The van der Waals surface area contributed by atoms with Gasteiger partial charge in [-0.05, 0) is 42.5 Å². The van der Waals surface area contributed by atoms with E-state index in [1.54, 1.807) is 0 Å². The van der Waals surface area contributed by atoms with Crippen LogP contribution >= 0.6 is 55.1 Å². The van der Waals surface area contributed by atoms with Crippen LogP contribution in [0.3, 0.4) is 0 Å². The minimum absolute atomic E-state index is 0.0223. The number of fused-ring (bicyclic) bond motifs is 5. The van der Waals surface area contributed by atoms with Gasteiger partial charge in [0.2, 0.25) is 0 Å². The van der Waals surface area contributed by atoms with E-state index in [2.05, 4.69) is 31.9 Å². The van der Waals surface area contributed by atoms with Crippen LogP contribution in [0.1, 0.15) is 27.1 Å². The van der Waals surface area contributed by atoms with Crippen molar-refractivity contribution in [3.8, 4) is 0 Å². The number of hydrogen-bond donors (Lipinski definition) is 0. The fourth-order valence-corrected chi connectivity index (χ4v) is 8.03. The van der Waals surface area contributed by atoms with Crippen LogP contribution in [-0.4, -0.2) is 54.6 Å². The van der Waals surface area contributed by atoms with Gasteiger partial charge < -0.3 is 0 Å². The lowest BCUT2D eigenvalue weighted by molar-refractivity contribution is -0.384. The number of amides is 3. The molecule has 2 saturated carbocycles. The Balaban J connectivity index is 1.54. The van der Waals surface area contributed by atoms with Crippen molar-refractivity contribution >= 4 is 84.3 Å². The molecule has 6 atom stereocenters. The maximum atomic E-state index is 13.7. The molecule has 1 aliphatic heterocycles. The fourth-order valence-electron chi connectivity index (χ4n) is 5.64. The Morgan fingerprint density at radius 2 is 1.65 bits per heavy atom. The molecular formula is C24H17Br2Cl2N3O6. The highest BCUT2D eigenvalue weighted by Gasteiger charge is 2.67. The predicted octanol–water partition coefficient (Wildman–Crippen LogP) is 4.92. The first-order valence-corrected chi connectivity index (χ1v) is 13.8. The minimum Gasteiger partial charge on any atom is -0.292 e. The van der Waals surface area contributed by atoms with E-state index >= 15 is 0 Å². The van der Waals surface area contributed by atoms with Crippen molar-refractivity contribution in [2.24, 2.45) is 23.7 Å². The number of carbonyl (C=O) groups excluding carboxylic acids is 4. The van der Waals surface area contributed by atoms with Crippen LogP contribution in [0.2, 0.25) is 10.0 Å². The number of halogens is 4. The van der Waals surface area contributed by atoms with E-state index in [9.17, 15) is 29.3 Å². The molecule has 1 heterocycles. The molecule has 3 fully saturated rings. The van der Waals surface area contributed by atoms with Crippen LogP contribution < -0.4 is 0 Å². The zero-order chi connectivity index (χ0) is 26.8. The summed E-state index contributed by atoms with van der Waals surface area (Å²) in [7, 11) is 0. The maximum Gasteiger partial charge on any atom is 0.273 e. The van der Waals surface area contributed by atoms with Crippen LogP contribution in [0.15, 0.2) is 42.5 Å². The molecular weight excluding hydrogens is 657 g/mol. The van der Waals surface area contributed by atoms with Crippen LogP contribution in [0.5, 0.6) is 0 Å². The van der Waals surface area contributed by atoms with Gasteiger partial charge in [0.25, 0.3) is 23.4 Å². The molecule has 192 valence electrons. The van der Waals surface area contributed by atoms with Crippen molar-refractivity contribution < 1.29 is 24.1 Å². The Morgan fingerprint density at radius 3 is 2.22 bits per heavy atom. The second kappa shape index (κ2) is 9.76. The Bertz CT molecular complexity index is 1340. The number of rotatable bonds is 6. The largest absolute Gasteiger partial charge is 0.292 e. The maximum absolute atomic E-state index is 13.7. The molecule has 3 amide bonds. The topological polar surface area (TPSA) is 118 Å². The third kappa shape index (κ3) is 4.29. The highest BCUT2D eigenvalue weighted by Crippen LogP contribution is 2.60. The van der Waals surface area contributed by atoms with E-state index in [4.69, 9.17) is 23.2 Å². The number of imide groups is 1. The summed E-state index contributed by atoms with van der Waals surface area (Å²) in [6, 6.07) is 9.08. The van der Waals surface area contributed by atoms with Gasteiger partial charge in [-0.3, -0.25) is 29.3 Å². The van der Waals surface area contributed by atoms with E-state index in [0.29, 0.717) is 11.4 Å². The molecule has 37 heavy (non-hydrogen) atoms. The van der Waals surface area contributed by atoms with Gasteiger partial charge in [0.1, 0.15) is 6.54 Å². The van der Waals surface area contributed by atoms with E-state index in [0.717, 1.165) is 16.1 Å². The number of non-ortho nitro benzene ring substituents is 1. The standard InChI is InChI=1S/C24H17Br2Cl2N3O6/c25-20-14-8-15(21(20)26)19-18(14)23(34)30(24(19)35)29(9-17(32)13-5-4-11(27)7-16(13)28)22(33)10-2-1-3-12(6-10)31(36)37/h1-7,14-15,18-21H,8-9H2/t14-,15-,18-,19+,20+,21+/m1/s1.